The molecule has 0 aliphatic heterocycles. The van der Waals surface area contributed by atoms with Gasteiger partial charge in [-0.1, -0.05) is 37.3 Å². The van der Waals surface area contributed by atoms with Crippen LogP contribution < -0.4 is 0 Å². The Bertz CT molecular complexity index is 287. The smallest absolute Gasteiger partial charge is 0.150 e. The molecule has 1 aromatic rings. The lowest BCUT2D eigenvalue weighted by atomic mass is 10.1. The molecule has 0 amide bonds. The van der Waals surface area contributed by atoms with E-state index in [1.807, 2.05) is 24.3 Å². The van der Waals surface area contributed by atoms with Crippen molar-refractivity contribution in [3.8, 4) is 0 Å². The monoisotopic (exact) mass is 160 g/mol. The largest absolute Gasteiger partial charge is 0.298 e. The molecule has 1 nitrogen and oxygen atoms in total. The molecule has 0 atom stereocenters. The van der Waals surface area contributed by atoms with Crippen molar-refractivity contribution >= 4 is 12.4 Å². The molecule has 0 saturated carbocycles. The molecule has 12 heavy (non-hydrogen) atoms. The molecule has 0 aliphatic rings. The summed E-state index contributed by atoms with van der Waals surface area (Å²) in [6.45, 7) is 2.08. The maximum atomic E-state index is 10.4. The molecule has 1 heteroatoms. The summed E-state index contributed by atoms with van der Waals surface area (Å²) in [5.74, 6) is 0. The lowest BCUT2D eigenvalue weighted by Crippen LogP contribution is -1.79. The van der Waals surface area contributed by atoms with E-state index in [4.69, 9.17) is 0 Å². The zero-order chi connectivity index (χ0) is 8.81. The van der Waals surface area contributed by atoms with Gasteiger partial charge in [0, 0.05) is 5.56 Å². The van der Waals surface area contributed by atoms with Crippen LogP contribution in [-0.4, -0.2) is 6.29 Å². The van der Waals surface area contributed by atoms with Crippen LogP contribution in [0, 0.1) is 0 Å². The van der Waals surface area contributed by atoms with E-state index in [0.717, 1.165) is 23.8 Å². The lowest BCUT2D eigenvalue weighted by molar-refractivity contribution is 0.112. The maximum absolute atomic E-state index is 10.4. The van der Waals surface area contributed by atoms with Gasteiger partial charge in [0.05, 0.1) is 0 Å². The van der Waals surface area contributed by atoms with E-state index in [2.05, 4.69) is 13.0 Å². The molecule has 0 N–H and O–H groups in total. The zero-order valence-corrected chi connectivity index (χ0v) is 7.16. The van der Waals surface area contributed by atoms with Gasteiger partial charge in [-0.25, -0.2) is 0 Å². The van der Waals surface area contributed by atoms with Crippen molar-refractivity contribution < 1.29 is 4.79 Å². The van der Waals surface area contributed by atoms with Crippen molar-refractivity contribution in [2.24, 2.45) is 0 Å². The highest BCUT2D eigenvalue weighted by Crippen LogP contribution is 2.05. The number of aldehydes is 1. The highest BCUT2D eigenvalue weighted by atomic mass is 16.1. The molecular weight excluding hydrogens is 148 g/mol. The Morgan fingerprint density at radius 2 is 2.08 bits per heavy atom. The highest BCUT2D eigenvalue weighted by Gasteiger charge is 1.89. The maximum Gasteiger partial charge on any atom is 0.150 e. The fraction of sp³-hybridized carbons (Fsp3) is 0.182. The minimum atomic E-state index is 0.730. The second-order valence-electron chi connectivity index (χ2n) is 2.60. The van der Waals surface area contributed by atoms with Crippen molar-refractivity contribution in [3.63, 3.8) is 0 Å². The molecule has 62 valence electrons. The summed E-state index contributed by atoms with van der Waals surface area (Å²) >= 11 is 0. The number of carbonyl (C=O) groups excluding carboxylic acids is 1. The van der Waals surface area contributed by atoms with Crippen LogP contribution in [-0.2, 0) is 0 Å². The van der Waals surface area contributed by atoms with Crippen LogP contribution in [0.1, 0.15) is 29.3 Å². The van der Waals surface area contributed by atoms with Crippen molar-refractivity contribution in [2.75, 3.05) is 0 Å². The molecule has 0 unspecified atom stereocenters. The Labute approximate surface area is 72.7 Å². The molecule has 0 aromatic heterocycles. The van der Waals surface area contributed by atoms with Crippen LogP contribution in [0.25, 0.3) is 6.08 Å². The lowest BCUT2D eigenvalue weighted by Gasteiger charge is -1.93. The number of carbonyl (C=O) groups is 1. The summed E-state index contributed by atoms with van der Waals surface area (Å²) in [6.07, 6.45) is 5.98. The third-order valence-corrected chi connectivity index (χ3v) is 1.59. The molecule has 1 aromatic carbocycles. The number of hydrogen-bond donors (Lipinski definition) is 0. The van der Waals surface area contributed by atoms with Gasteiger partial charge in [0.1, 0.15) is 6.29 Å². The molecule has 0 radical (unpaired) electrons. The van der Waals surface area contributed by atoms with Crippen LogP contribution in [0.5, 0.6) is 0 Å². The van der Waals surface area contributed by atoms with Crippen molar-refractivity contribution in [1.29, 1.82) is 0 Å². The van der Waals surface area contributed by atoms with E-state index in [1.54, 1.807) is 6.07 Å². The molecule has 0 spiro atoms. The molecule has 1 rings (SSSR count). The normalized spacial score (nSPS) is 10.4. The number of rotatable bonds is 3. The molecule has 0 saturated heterocycles. The first kappa shape index (κ1) is 8.72. The summed E-state index contributed by atoms with van der Waals surface area (Å²) < 4.78 is 0. The van der Waals surface area contributed by atoms with Gasteiger partial charge in [-0.2, -0.15) is 0 Å². The Kier molecular flexibility index (Phi) is 3.27. The number of allylic oxidation sites excluding steroid dienone is 1. The van der Waals surface area contributed by atoms with Crippen LogP contribution in [0.4, 0.5) is 0 Å². The highest BCUT2D eigenvalue weighted by molar-refractivity contribution is 5.76. The van der Waals surface area contributed by atoms with E-state index in [9.17, 15) is 4.79 Å². The fourth-order valence-electron chi connectivity index (χ4n) is 0.990. The van der Waals surface area contributed by atoms with Crippen LogP contribution in [0.3, 0.4) is 0 Å². The van der Waals surface area contributed by atoms with Crippen molar-refractivity contribution in [3.05, 3.63) is 41.5 Å². The topological polar surface area (TPSA) is 17.1 Å². The predicted molar refractivity (Wildman–Crippen MR) is 51.2 cm³/mol. The summed E-state index contributed by atoms with van der Waals surface area (Å²) in [7, 11) is 0. The van der Waals surface area contributed by atoms with E-state index < -0.39 is 0 Å². The van der Waals surface area contributed by atoms with Gasteiger partial charge in [0.2, 0.25) is 0 Å². The Balaban J connectivity index is 2.86. The third-order valence-electron chi connectivity index (χ3n) is 1.59. The number of benzene rings is 1. The van der Waals surface area contributed by atoms with E-state index >= 15 is 0 Å². The quantitative estimate of drug-likeness (QED) is 0.621. The molecular formula is C11H12O. The van der Waals surface area contributed by atoms with E-state index in [1.165, 1.54) is 0 Å². The second-order valence-corrected chi connectivity index (χ2v) is 2.60. The van der Waals surface area contributed by atoms with Crippen LogP contribution in [0.2, 0.25) is 0 Å². The van der Waals surface area contributed by atoms with Gasteiger partial charge in [0.25, 0.3) is 0 Å². The van der Waals surface area contributed by atoms with Crippen LogP contribution >= 0.6 is 0 Å². The molecule has 0 heterocycles. The van der Waals surface area contributed by atoms with E-state index in [0.29, 0.717) is 0 Å². The minimum Gasteiger partial charge on any atom is -0.298 e. The first-order chi connectivity index (χ1) is 5.86. The second kappa shape index (κ2) is 4.50. The van der Waals surface area contributed by atoms with E-state index in [-0.39, 0.29) is 0 Å². The molecule has 0 aliphatic carbocycles. The summed E-state index contributed by atoms with van der Waals surface area (Å²) in [6, 6.07) is 7.55. The summed E-state index contributed by atoms with van der Waals surface area (Å²) in [4.78, 5) is 10.4. The van der Waals surface area contributed by atoms with Gasteiger partial charge in [-0.05, 0) is 18.1 Å². The van der Waals surface area contributed by atoms with Gasteiger partial charge >= 0.3 is 0 Å². The van der Waals surface area contributed by atoms with Crippen molar-refractivity contribution in [1.82, 2.24) is 0 Å². The van der Waals surface area contributed by atoms with Gasteiger partial charge in [0.15, 0.2) is 0 Å². The zero-order valence-electron chi connectivity index (χ0n) is 7.16. The van der Waals surface area contributed by atoms with Crippen LogP contribution in [0.15, 0.2) is 30.3 Å². The Morgan fingerprint density at radius 1 is 1.33 bits per heavy atom. The first-order valence-corrected chi connectivity index (χ1v) is 4.08. The summed E-state index contributed by atoms with van der Waals surface area (Å²) in [5, 5.41) is 0. The predicted octanol–water partition coefficient (Wildman–Crippen LogP) is 2.92. The average molecular weight is 160 g/mol. The number of hydrogen-bond acceptors (Lipinski definition) is 1. The Morgan fingerprint density at radius 3 is 2.75 bits per heavy atom. The fourth-order valence-corrected chi connectivity index (χ4v) is 0.990. The third kappa shape index (κ3) is 2.35. The minimum absolute atomic E-state index is 0.730. The first-order valence-electron chi connectivity index (χ1n) is 4.08. The van der Waals surface area contributed by atoms with Gasteiger partial charge in [-0.15, -0.1) is 0 Å². The van der Waals surface area contributed by atoms with Crippen molar-refractivity contribution in [2.45, 2.75) is 13.3 Å². The standard InChI is InChI=1S/C11H12O/c1-2-3-5-10-6-4-7-11(8-10)9-12/h3-9H,2H2,1H3/b5-3+. The average Bonchev–Trinajstić information content (AvgIpc) is 2.15. The summed E-state index contributed by atoms with van der Waals surface area (Å²) in [5.41, 5.74) is 1.81. The SMILES string of the molecule is CC/C=C/c1cccc(C=O)c1. The van der Waals surface area contributed by atoms with Gasteiger partial charge < -0.3 is 0 Å². The molecule has 0 bridgehead atoms. The van der Waals surface area contributed by atoms with Gasteiger partial charge in [-0.3, -0.25) is 4.79 Å². The molecule has 0 fully saturated rings. The Hall–Kier alpha value is -1.37.